The van der Waals surface area contributed by atoms with Crippen LogP contribution in [0.2, 0.25) is 0 Å². The van der Waals surface area contributed by atoms with E-state index in [0.717, 1.165) is 25.7 Å². The molecule has 2 fully saturated rings. The molecule has 2 saturated heterocycles. The smallest absolute Gasteiger partial charge is 0.303 e. The van der Waals surface area contributed by atoms with Crippen LogP contribution in [0.1, 0.15) is 38.5 Å². The predicted molar refractivity (Wildman–Crippen MR) is 72.0 cm³/mol. The summed E-state index contributed by atoms with van der Waals surface area (Å²) in [7, 11) is 0. The minimum atomic E-state index is -0.770. The van der Waals surface area contributed by atoms with Gasteiger partial charge in [-0.3, -0.25) is 14.4 Å². The SMILES string of the molecule is O=C(O)CC1CCN(C(=O)CN2CCCCC2=O)CC1. The maximum atomic E-state index is 12.2. The lowest BCUT2D eigenvalue weighted by atomic mass is 9.93. The van der Waals surface area contributed by atoms with Gasteiger partial charge >= 0.3 is 5.97 Å². The molecule has 6 heteroatoms. The van der Waals surface area contributed by atoms with Crippen molar-refractivity contribution < 1.29 is 19.5 Å². The Morgan fingerprint density at radius 3 is 2.45 bits per heavy atom. The number of rotatable bonds is 4. The van der Waals surface area contributed by atoms with Crippen LogP contribution >= 0.6 is 0 Å². The van der Waals surface area contributed by atoms with E-state index in [1.807, 2.05) is 0 Å². The van der Waals surface area contributed by atoms with E-state index >= 15 is 0 Å². The molecule has 0 saturated carbocycles. The highest BCUT2D eigenvalue weighted by Crippen LogP contribution is 2.21. The second kappa shape index (κ2) is 6.72. The Kier molecular flexibility index (Phi) is 4.98. The van der Waals surface area contributed by atoms with Gasteiger partial charge in [-0.05, 0) is 31.6 Å². The van der Waals surface area contributed by atoms with Crippen molar-refractivity contribution >= 4 is 17.8 Å². The number of hydrogen-bond donors (Lipinski definition) is 1. The lowest BCUT2D eigenvalue weighted by molar-refractivity contribution is -0.143. The number of aliphatic carboxylic acids is 1. The molecule has 0 aromatic heterocycles. The van der Waals surface area contributed by atoms with E-state index in [4.69, 9.17) is 5.11 Å². The number of piperidine rings is 2. The van der Waals surface area contributed by atoms with Gasteiger partial charge < -0.3 is 14.9 Å². The van der Waals surface area contributed by atoms with Crippen molar-refractivity contribution in [2.24, 2.45) is 5.92 Å². The Labute approximate surface area is 118 Å². The summed E-state index contributed by atoms with van der Waals surface area (Å²) in [5.74, 6) is -0.527. The molecule has 0 aromatic rings. The van der Waals surface area contributed by atoms with E-state index in [2.05, 4.69) is 0 Å². The van der Waals surface area contributed by atoms with E-state index < -0.39 is 5.97 Å². The molecule has 0 unspecified atom stereocenters. The van der Waals surface area contributed by atoms with Crippen molar-refractivity contribution in [3.8, 4) is 0 Å². The highest BCUT2D eigenvalue weighted by atomic mass is 16.4. The molecule has 2 aliphatic rings. The van der Waals surface area contributed by atoms with E-state index in [1.54, 1.807) is 9.80 Å². The summed E-state index contributed by atoms with van der Waals surface area (Å²) in [6.45, 7) is 2.08. The van der Waals surface area contributed by atoms with E-state index in [9.17, 15) is 14.4 Å². The minimum Gasteiger partial charge on any atom is -0.481 e. The lowest BCUT2D eigenvalue weighted by Gasteiger charge is -2.34. The van der Waals surface area contributed by atoms with Crippen molar-refractivity contribution in [3.63, 3.8) is 0 Å². The third-order valence-electron chi connectivity index (χ3n) is 4.18. The summed E-state index contributed by atoms with van der Waals surface area (Å²) in [6, 6.07) is 0. The fraction of sp³-hybridized carbons (Fsp3) is 0.786. The first kappa shape index (κ1) is 14.8. The first-order chi connectivity index (χ1) is 9.56. The number of carboxylic acids is 1. The van der Waals surface area contributed by atoms with E-state index in [0.29, 0.717) is 26.1 Å². The van der Waals surface area contributed by atoms with Crippen LogP contribution in [0.4, 0.5) is 0 Å². The molecular formula is C14H22N2O4. The maximum absolute atomic E-state index is 12.2. The normalized spacial score (nSPS) is 21.1. The van der Waals surface area contributed by atoms with Crippen LogP contribution in [0.5, 0.6) is 0 Å². The van der Waals surface area contributed by atoms with Crippen LogP contribution in [0.3, 0.4) is 0 Å². The number of hydrogen-bond acceptors (Lipinski definition) is 3. The average Bonchev–Trinajstić information content (AvgIpc) is 2.41. The van der Waals surface area contributed by atoms with Crippen molar-refractivity contribution in [1.29, 1.82) is 0 Å². The van der Waals surface area contributed by atoms with Crippen molar-refractivity contribution in [1.82, 2.24) is 9.80 Å². The molecule has 2 heterocycles. The number of carboxylic acid groups (broad SMARTS) is 1. The van der Waals surface area contributed by atoms with Gasteiger partial charge in [-0.2, -0.15) is 0 Å². The van der Waals surface area contributed by atoms with Crippen molar-refractivity contribution in [3.05, 3.63) is 0 Å². The van der Waals surface area contributed by atoms with Gasteiger partial charge in [0.15, 0.2) is 0 Å². The van der Waals surface area contributed by atoms with E-state index in [-0.39, 0.29) is 30.7 Å². The number of likely N-dealkylation sites (tertiary alicyclic amines) is 2. The van der Waals surface area contributed by atoms with Crippen LogP contribution in [-0.2, 0) is 14.4 Å². The number of carbonyl (C=O) groups is 3. The first-order valence-electron chi connectivity index (χ1n) is 7.33. The Morgan fingerprint density at radius 1 is 1.15 bits per heavy atom. The third kappa shape index (κ3) is 3.95. The third-order valence-corrected chi connectivity index (χ3v) is 4.18. The van der Waals surface area contributed by atoms with Crippen LogP contribution in [-0.4, -0.2) is 58.9 Å². The highest BCUT2D eigenvalue weighted by Gasteiger charge is 2.27. The standard InChI is InChI=1S/C14H22N2O4/c17-12-3-1-2-6-16(12)10-13(18)15-7-4-11(5-8-15)9-14(19)20/h11H,1-10H2,(H,19,20). The van der Waals surface area contributed by atoms with Gasteiger partial charge in [0.2, 0.25) is 11.8 Å². The molecule has 0 aliphatic carbocycles. The quantitative estimate of drug-likeness (QED) is 0.824. The summed E-state index contributed by atoms with van der Waals surface area (Å²) in [4.78, 5) is 37.9. The van der Waals surface area contributed by atoms with Gasteiger partial charge in [0.25, 0.3) is 0 Å². The molecule has 0 radical (unpaired) electrons. The molecule has 2 rings (SSSR count). The number of carbonyl (C=O) groups excluding carboxylic acids is 2. The van der Waals surface area contributed by atoms with Gasteiger partial charge in [0, 0.05) is 32.5 Å². The predicted octanol–water partition coefficient (Wildman–Crippen LogP) is 0.712. The van der Waals surface area contributed by atoms with Gasteiger partial charge in [-0.1, -0.05) is 0 Å². The molecule has 1 N–H and O–H groups in total. The van der Waals surface area contributed by atoms with Gasteiger partial charge in [-0.15, -0.1) is 0 Å². The lowest BCUT2D eigenvalue weighted by Crippen LogP contribution is -2.47. The molecule has 6 nitrogen and oxygen atoms in total. The molecule has 112 valence electrons. The Bertz CT molecular complexity index is 389. The molecular weight excluding hydrogens is 260 g/mol. The zero-order valence-corrected chi connectivity index (χ0v) is 11.7. The minimum absolute atomic E-state index is 0.00553. The number of amides is 2. The second-order valence-corrected chi connectivity index (χ2v) is 5.69. The van der Waals surface area contributed by atoms with E-state index in [1.165, 1.54) is 0 Å². The van der Waals surface area contributed by atoms with Crippen molar-refractivity contribution in [2.75, 3.05) is 26.2 Å². The molecule has 0 bridgehead atoms. The van der Waals surface area contributed by atoms with Gasteiger partial charge in [0.1, 0.15) is 0 Å². The first-order valence-corrected chi connectivity index (χ1v) is 7.33. The Balaban J connectivity index is 1.76. The number of nitrogens with zero attached hydrogens (tertiary/aromatic N) is 2. The average molecular weight is 282 g/mol. The Morgan fingerprint density at radius 2 is 1.85 bits per heavy atom. The van der Waals surface area contributed by atoms with Crippen LogP contribution in [0, 0.1) is 5.92 Å². The zero-order chi connectivity index (χ0) is 14.5. The van der Waals surface area contributed by atoms with Crippen molar-refractivity contribution in [2.45, 2.75) is 38.5 Å². The largest absolute Gasteiger partial charge is 0.481 e. The summed E-state index contributed by atoms with van der Waals surface area (Å²) in [5.41, 5.74) is 0. The molecule has 2 amide bonds. The summed E-state index contributed by atoms with van der Waals surface area (Å²) in [6.07, 6.45) is 4.11. The van der Waals surface area contributed by atoms with Crippen LogP contribution in [0.15, 0.2) is 0 Å². The molecule has 0 spiro atoms. The van der Waals surface area contributed by atoms with Crippen LogP contribution in [0.25, 0.3) is 0 Å². The van der Waals surface area contributed by atoms with Gasteiger partial charge in [0.05, 0.1) is 6.54 Å². The summed E-state index contributed by atoms with van der Waals surface area (Å²) in [5, 5.41) is 8.76. The molecule has 2 aliphatic heterocycles. The summed E-state index contributed by atoms with van der Waals surface area (Å²) >= 11 is 0. The Hall–Kier alpha value is -1.59. The fourth-order valence-electron chi connectivity index (χ4n) is 2.93. The monoisotopic (exact) mass is 282 g/mol. The topological polar surface area (TPSA) is 77.9 Å². The molecule has 0 atom stereocenters. The maximum Gasteiger partial charge on any atom is 0.303 e. The zero-order valence-electron chi connectivity index (χ0n) is 11.7. The second-order valence-electron chi connectivity index (χ2n) is 5.69. The van der Waals surface area contributed by atoms with Crippen LogP contribution < -0.4 is 0 Å². The molecule has 0 aromatic carbocycles. The molecule has 20 heavy (non-hydrogen) atoms. The summed E-state index contributed by atoms with van der Waals surface area (Å²) < 4.78 is 0. The fourth-order valence-corrected chi connectivity index (χ4v) is 2.93. The highest BCUT2D eigenvalue weighted by molar-refractivity contribution is 5.85. The van der Waals surface area contributed by atoms with Gasteiger partial charge in [-0.25, -0.2) is 0 Å².